The predicted octanol–water partition coefficient (Wildman–Crippen LogP) is 6.89. The maximum atomic E-state index is 16.0. The minimum absolute atomic E-state index is 0. The van der Waals surface area contributed by atoms with E-state index in [4.69, 9.17) is 23.2 Å². The number of aliphatic hydroxyl groups is 1. The van der Waals surface area contributed by atoms with Gasteiger partial charge in [0.15, 0.2) is 0 Å². The van der Waals surface area contributed by atoms with Crippen molar-refractivity contribution in [1.29, 1.82) is 0 Å². The normalized spacial score (nSPS) is 22.2. The van der Waals surface area contributed by atoms with Gasteiger partial charge in [-0.25, -0.2) is 9.18 Å². The Morgan fingerprint density at radius 2 is 1.85 bits per heavy atom. The fraction of sp³-hybridized carbons (Fsp3) is 0.394. The summed E-state index contributed by atoms with van der Waals surface area (Å²) < 4.78 is 20.6. The molecule has 3 aromatic rings. The van der Waals surface area contributed by atoms with Crippen molar-refractivity contribution < 1.29 is 33.7 Å². The summed E-state index contributed by atoms with van der Waals surface area (Å²) in [5.74, 6) is -3.81. The zero-order valence-electron chi connectivity index (χ0n) is 25.5. The van der Waals surface area contributed by atoms with E-state index in [1.165, 1.54) is 42.5 Å². The van der Waals surface area contributed by atoms with Gasteiger partial charge < -0.3 is 15.2 Å². The van der Waals surface area contributed by atoms with Crippen LogP contribution < -0.4 is 5.32 Å². The second-order valence-electron chi connectivity index (χ2n) is 12.0. The molecular formula is C33H35Cl2FN4O8. The number of hydrogen-bond donors (Lipinski definition) is 2. The van der Waals surface area contributed by atoms with Gasteiger partial charge in [-0.05, 0) is 49.1 Å². The quantitative estimate of drug-likeness (QED) is 0.130. The van der Waals surface area contributed by atoms with E-state index in [0.717, 1.165) is 13.2 Å². The van der Waals surface area contributed by atoms with Crippen molar-refractivity contribution in [3.05, 3.63) is 113 Å². The number of hydrogen-bond acceptors (Lipinski definition) is 9. The van der Waals surface area contributed by atoms with E-state index in [1.54, 1.807) is 11.0 Å². The summed E-state index contributed by atoms with van der Waals surface area (Å²) in [6, 6.07) is 9.11. The van der Waals surface area contributed by atoms with Crippen LogP contribution in [0.1, 0.15) is 73.2 Å². The molecule has 2 heterocycles. The molecule has 2 aliphatic rings. The van der Waals surface area contributed by atoms with Gasteiger partial charge in [0.25, 0.3) is 11.6 Å². The molecule has 0 bridgehead atoms. The van der Waals surface area contributed by atoms with Crippen molar-refractivity contribution in [3.63, 3.8) is 0 Å². The van der Waals surface area contributed by atoms with Crippen LogP contribution >= 0.6 is 23.2 Å². The highest BCUT2D eigenvalue weighted by Crippen LogP contribution is 2.59. The minimum atomic E-state index is -1.86. The number of nitrogens with zero attached hydrogens (tertiary/aromatic N) is 3. The van der Waals surface area contributed by atoms with Gasteiger partial charge in [0.1, 0.15) is 11.4 Å². The molecule has 3 aromatic carbocycles. The second-order valence-corrected chi connectivity index (χ2v) is 12.9. The number of carbonyl (C=O) groups is 2. The van der Waals surface area contributed by atoms with Crippen molar-refractivity contribution in [3.8, 4) is 0 Å². The highest BCUT2D eigenvalue weighted by molar-refractivity contribution is 6.31. The number of ether oxygens (including phenoxy) is 1. The van der Waals surface area contributed by atoms with Crippen LogP contribution in [-0.4, -0.2) is 57.5 Å². The van der Waals surface area contributed by atoms with Crippen LogP contribution in [-0.2, 0) is 15.1 Å². The number of anilines is 1. The number of likely N-dealkylation sites (tertiary alicyclic amines) is 1. The largest absolute Gasteiger partial charge is 0.465 e. The highest BCUT2D eigenvalue weighted by atomic mass is 35.5. The van der Waals surface area contributed by atoms with Crippen LogP contribution in [0.2, 0.25) is 10.0 Å². The molecule has 2 aliphatic heterocycles. The number of nitro groups is 2. The molecule has 0 radical (unpaired) electrons. The van der Waals surface area contributed by atoms with E-state index in [9.17, 15) is 34.9 Å². The fourth-order valence-corrected chi connectivity index (χ4v) is 7.36. The topological polar surface area (TPSA) is 165 Å². The standard InChI is InChI=1S/C32H31Cl2FN4O8.CH4/c1-16(2)11-12-37-25(15-26(40)19-9-7-17(30(41)47-3)13-24(19)38(43)44)29(39(45)46)27(20-5-4-6-22(34)28(20)35)32(37)21-10-8-18(33)14-23(21)36-31(32)42;/h4-10,13-14,16,25-27,29,40H,11-12,15H2,1-3H3,(H,36,42);1H4/t25-,26?,27-,29+,32+;/m0./s1. The summed E-state index contributed by atoms with van der Waals surface area (Å²) in [5, 5.41) is 39.6. The Bertz CT molecular complexity index is 1780. The van der Waals surface area contributed by atoms with E-state index in [0.29, 0.717) is 22.7 Å². The molecule has 15 heteroatoms. The molecule has 0 aliphatic carbocycles. The van der Waals surface area contributed by atoms with Crippen LogP contribution in [0, 0.1) is 32.0 Å². The first-order valence-electron chi connectivity index (χ1n) is 14.7. The van der Waals surface area contributed by atoms with E-state index >= 15 is 4.39 Å². The van der Waals surface area contributed by atoms with E-state index < -0.39 is 69.3 Å². The van der Waals surface area contributed by atoms with Crippen LogP contribution in [0.25, 0.3) is 0 Å². The van der Waals surface area contributed by atoms with Gasteiger partial charge in [0.05, 0.1) is 46.2 Å². The molecule has 5 atom stereocenters. The molecule has 1 saturated heterocycles. The number of carbonyl (C=O) groups excluding carboxylic acids is 2. The maximum Gasteiger partial charge on any atom is 0.338 e. The summed E-state index contributed by atoms with van der Waals surface area (Å²) in [4.78, 5) is 51.9. The van der Waals surface area contributed by atoms with Gasteiger partial charge in [-0.2, -0.15) is 0 Å². The Balaban J connectivity index is 0.00000520. The van der Waals surface area contributed by atoms with Crippen molar-refractivity contribution in [2.24, 2.45) is 5.92 Å². The minimum Gasteiger partial charge on any atom is -0.465 e. The summed E-state index contributed by atoms with van der Waals surface area (Å²) in [6.07, 6.45) is -1.68. The van der Waals surface area contributed by atoms with Crippen LogP contribution in [0.15, 0.2) is 54.6 Å². The lowest BCUT2D eigenvalue weighted by Gasteiger charge is -2.39. The van der Waals surface area contributed by atoms with Crippen molar-refractivity contribution in [2.75, 3.05) is 19.0 Å². The molecule has 1 amide bonds. The maximum absolute atomic E-state index is 16.0. The number of nitrogens with one attached hydrogen (secondary N) is 1. The molecule has 1 spiro atoms. The number of nitro benzene ring substituents is 1. The third-order valence-electron chi connectivity index (χ3n) is 9.01. The van der Waals surface area contributed by atoms with E-state index in [1.807, 2.05) is 13.8 Å². The summed E-state index contributed by atoms with van der Waals surface area (Å²) in [7, 11) is 1.11. The van der Waals surface area contributed by atoms with Gasteiger partial charge >= 0.3 is 5.97 Å². The number of halogens is 3. The third-order valence-corrected chi connectivity index (χ3v) is 9.53. The van der Waals surface area contributed by atoms with E-state index in [2.05, 4.69) is 10.1 Å². The zero-order valence-corrected chi connectivity index (χ0v) is 27.0. The molecule has 48 heavy (non-hydrogen) atoms. The molecule has 1 fully saturated rings. The third kappa shape index (κ3) is 6.11. The number of aliphatic hydroxyl groups excluding tert-OH is 1. The molecule has 1 unspecified atom stereocenters. The molecule has 12 nitrogen and oxygen atoms in total. The molecule has 256 valence electrons. The van der Waals surface area contributed by atoms with Crippen molar-refractivity contribution >= 4 is 46.5 Å². The molecule has 5 rings (SSSR count). The number of fused-ring (bicyclic) bond motifs is 2. The monoisotopic (exact) mass is 704 g/mol. The summed E-state index contributed by atoms with van der Waals surface area (Å²) in [6.45, 7) is 3.97. The lowest BCUT2D eigenvalue weighted by molar-refractivity contribution is -0.528. The van der Waals surface area contributed by atoms with Crippen LogP contribution in [0.5, 0.6) is 0 Å². The second kappa shape index (κ2) is 14.1. The first-order valence-corrected chi connectivity index (χ1v) is 15.5. The number of benzene rings is 3. The Morgan fingerprint density at radius 3 is 2.48 bits per heavy atom. The zero-order chi connectivity index (χ0) is 34.4. The summed E-state index contributed by atoms with van der Waals surface area (Å²) >= 11 is 12.5. The van der Waals surface area contributed by atoms with Gasteiger partial charge in [-0.3, -0.25) is 29.9 Å². The molecular weight excluding hydrogens is 670 g/mol. The predicted molar refractivity (Wildman–Crippen MR) is 177 cm³/mol. The molecule has 0 aromatic heterocycles. The van der Waals surface area contributed by atoms with Crippen LogP contribution in [0.4, 0.5) is 15.8 Å². The fourth-order valence-electron chi connectivity index (χ4n) is 7.00. The van der Waals surface area contributed by atoms with Crippen molar-refractivity contribution in [1.82, 2.24) is 4.90 Å². The highest BCUT2D eigenvalue weighted by Gasteiger charge is 2.71. The van der Waals surface area contributed by atoms with Crippen LogP contribution in [0.3, 0.4) is 0 Å². The van der Waals surface area contributed by atoms with Gasteiger partial charge in [-0.15, -0.1) is 0 Å². The number of rotatable bonds is 10. The molecule has 2 N–H and O–H groups in total. The number of methoxy groups -OCH3 is 1. The van der Waals surface area contributed by atoms with Gasteiger partial charge in [0.2, 0.25) is 6.04 Å². The SMILES string of the molecule is C.COC(=O)c1ccc(C(O)C[C@H]2[C@@H]([N+](=O)[O-])[C@H](c3cccc(Cl)c3F)[C@]3(C(=O)Nc4cc(Cl)ccc43)N2CCC(C)C)c([N+](=O)[O-])c1. The lowest BCUT2D eigenvalue weighted by Crippen LogP contribution is -2.52. The molecule has 0 saturated carbocycles. The Morgan fingerprint density at radius 1 is 1.15 bits per heavy atom. The Labute approximate surface area is 286 Å². The number of amides is 1. The Kier molecular flexibility index (Phi) is 10.8. The average Bonchev–Trinajstić information content (AvgIpc) is 3.46. The lowest BCUT2D eigenvalue weighted by atomic mass is 9.73. The summed E-state index contributed by atoms with van der Waals surface area (Å²) in [5.41, 5.74) is -2.34. The van der Waals surface area contributed by atoms with E-state index in [-0.39, 0.29) is 41.6 Å². The Hall–Kier alpha value is -4.17. The number of esters is 1. The van der Waals surface area contributed by atoms with Crippen molar-refractivity contribution in [2.45, 2.75) is 63.8 Å². The van der Waals surface area contributed by atoms with Gasteiger partial charge in [0, 0.05) is 39.4 Å². The average molecular weight is 706 g/mol. The van der Waals surface area contributed by atoms with Gasteiger partial charge in [-0.1, -0.05) is 62.7 Å². The first kappa shape index (κ1) is 36.7. The smallest absolute Gasteiger partial charge is 0.338 e. The first-order chi connectivity index (χ1) is 22.2.